The van der Waals surface area contributed by atoms with E-state index in [0.717, 1.165) is 0 Å². The van der Waals surface area contributed by atoms with Crippen LogP contribution in [-0.2, 0) is 0 Å². The lowest BCUT2D eigenvalue weighted by Crippen LogP contribution is -1.87. The van der Waals surface area contributed by atoms with E-state index in [2.05, 4.69) is 15.9 Å². The number of alkyl halides is 2. The van der Waals surface area contributed by atoms with Crippen LogP contribution in [0.25, 0.3) is 0 Å². The fourth-order valence-corrected chi connectivity index (χ4v) is 2.22. The Bertz CT molecular complexity index is 278. The standard InChI is InChI=1S/C7H3BrCl2F2/c8-4-1-3(9)2-5(10)6(4)7(11)12/h1-2,7H. The minimum absolute atomic E-state index is 0.0237. The Hall–Kier alpha value is 0.140. The first-order valence-corrected chi connectivity index (χ1v) is 4.50. The summed E-state index contributed by atoms with van der Waals surface area (Å²) < 4.78 is 24.8. The van der Waals surface area contributed by atoms with Crippen molar-refractivity contribution in [2.45, 2.75) is 6.43 Å². The highest BCUT2D eigenvalue weighted by Gasteiger charge is 2.16. The van der Waals surface area contributed by atoms with Gasteiger partial charge in [-0.1, -0.05) is 39.1 Å². The Morgan fingerprint density at radius 2 is 1.83 bits per heavy atom. The molecule has 0 aliphatic rings. The van der Waals surface area contributed by atoms with Crippen LogP contribution in [0.3, 0.4) is 0 Å². The number of hydrogen-bond donors (Lipinski definition) is 0. The van der Waals surface area contributed by atoms with Gasteiger partial charge < -0.3 is 0 Å². The van der Waals surface area contributed by atoms with Crippen molar-refractivity contribution in [1.82, 2.24) is 0 Å². The van der Waals surface area contributed by atoms with Crippen LogP contribution in [0.4, 0.5) is 8.78 Å². The largest absolute Gasteiger partial charge is 0.266 e. The summed E-state index contributed by atoms with van der Waals surface area (Å²) in [5, 5.41) is 0.306. The fraction of sp³-hybridized carbons (Fsp3) is 0.143. The van der Waals surface area contributed by atoms with Gasteiger partial charge in [-0.2, -0.15) is 0 Å². The average Bonchev–Trinajstić information content (AvgIpc) is 1.82. The van der Waals surface area contributed by atoms with Gasteiger partial charge >= 0.3 is 0 Å². The van der Waals surface area contributed by atoms with Crippen LogP contribution >= 0.6 is 39.1 Å². The summed E-state index contributed by atoms with van der Waals surface area (Å²) in [7, 11) is 0. The second-order valence-electron chi connectivity index (χ2n) is 2.08. The predicted molar refractivity (Wildman–Crippen MR) is 49.1 cm³/mol. The number of hydrogen-bond acceptors (Lipinski definition) is 0. The lowest BCUT2D eigenvalue weighted by Gasteiger charge is -2.05. The van der Waals surface area contributed by atoms with Crippen LogP contribution < -0.4 is 0 Å². The second kappa shape index (κ2) is 3.90. The minimum Gasteiger partial charge on any atom is -0.205 e. The molecule has 0 unspecified atom stereocenters. The van der Waals surface area contributed by atoms with Gasteiger partial charge in [0.25, 0.3) is 6.43 Å². The van der Waals surface area contributed by atoms with Crippen molar-refractivity contribution in [2.75, 3.05) is 0 Å². The minimum atomic E-state index is -2.59. The van der Waals surface area contributed by atoms with E-state index < -0.39 is 6.43 Å². The van der Waals surface area contributed by atoms with Crippen molar-refractivity contribution in [3.63, 3.8) is 0 Å². The summed E-state index contributed by atoms with van der Waals surface area (Å²) in [6.07, 6.45) is -2.59. The smallest absolute Gasteiger partial charge is 0.205 e. The topological polar surface area (TPSA) is 0 Å². The SMILES string of the molecule is FC(F)c1c(Cl)cc(Cl)cc1Br. The fourth-order valence-electron chi connectivity index (χ4n) is 0.762. The summed E-state index contributed by atoms with van der Waals surface area (Å²) in [6, 6.07) is 2.67. The van der Waals surface area contributed by atoms with Gasteiger partial charge in [0, 0.05) is 9.50 Å². The molecule has 0 spiro atoms. The van der Waals surface area contributed by atoms with Gasteiger partial charge in [-0.15, -0.1) is 0 Å². The molecular formula is C7H3BrCl2F2. The third-order valence-electron chi connectivity index (χ3n) is 1.26. The Morgan fingerprint density at radius 3 is 2.25 bits per heavy atom. The van der Waals surface area contributed by atoms with E-state index in [1.165, 1.54) is 12.1 Å². The van der Waals surface area contributed by atoms with Crippen LogP contribution in [0.2, 0.25) is 10.0 Å². The first kappa shape index (κ1) is 10.2. The first-order valence-electron chi connectivity index (χ1n) is 2.95. The molecule has 0 aromatic heterocycles. The Kier molecular flexibility index (Phi) is 3.32. The molecule has 0 nitrogen and oxygen atoms in total. The molecule has 0 N–H and O–H groups in total. The summed E-state index contributed by atoms with van der Waals surface area (Å²) in [4.78, 5) is 0. The molecule has 66 valence electrons. The van der Waals surface area contributed by atoms with E-state index in [1.807, 2.05) is 0 Å². The molecule has 0 bridgehead atoms. The van der Waals surface area contributed by atoms with Gasteiger partial charge in [-0.3, -0.25) is 0 Å². The summed E-state index contributed by atoms with van der Waals surface area (Å²) in [5.41, 5.74) is -0.221. The van der Waals surface area contributed by atoms with Crippen molar-refractivity contribution in [3.8, 4) is 0 Å². The Balaban J connectivity index is 3.28. The molecule has 5 heteroatoms. The highest BCUT2D eigenvalue weighted by molar-refractivity contribution is 9.10. The quantitative estimate of drug-likeness (QED) is 0.697. The van der Waals surface area contributed by atoms with E-state index in [4.69, 9.17) is 23.2 Å². The molecular weight excluding hydrogens is 273 g/mol. The molecule has 0 saturated carbocycles. The molecule has 0 fully saturated rings. The molecule has 12 heavy (non-hydrogen) atoms. The van der Waals surface area contributed by atoms with Crippen LogP contribution in [0.5, 0.6) is 0 Å². The highest BCUT2D eigenvalue weighted by Crippen LogP contribution is 2.35. The van der Waals surface area contributed by atoms with Gasteiger partial charge in [-0.25, -0.2) is 8.78 Å². The van der Waals surface area contributed by atoms with Crippen molar-refractivity contribution in [3.05, 3.63) is 32.2 Å². The maximum absolute atomic E-state index is 12.3. The van der Waals surface area contributed by atoms with Gasteiger partial charge in [0.05, 0.1) is 10.6 Å². The van der Waals surface area contributed by atoms with Crippen molar-refractivity contribution in [2.24, 2.45) is 0 Å². The Labute approximate surface area is 86.6 Å². The van der Waals surface area contributed by atoms with Crippen molar-refractivity contribution >= 4 is 39.1 Å². The van der Waals surface area contributed by atoms with E-state index >= 15 is 0 Å². The van der Waals surface area contributed by atoms with Crippen molar-refractivity contribution < 1.29 is 8.78 Å². The summed E-state index contributed by atoms with van der Waals surface area (Å²) >= 11 is 14.1. The van der Waals surface area contributed by atoms with Crippen LogP contribution in [0, 0.1) is 0 Å². The maximum atomic E-state index is 12.3. The van der Waals surface area contributed by atoms with E-state index in [1.54, 1.807) is 0 Å². The van der Waals surface area contributed by atoms with Gasteiger partial charge in [0.15, 0.2) is 0 Å². The molecule has 0 aliphatic heterocycles. The van der Waals surface area contributed by atoms with Crippen LogP contribution in [-0.4, -0.2) is 0 Å². The lowest BCUT2D eigenvalue weighted by molar-refractivity contribution is 0.150. The zero-order valence-corrected chi connectivity index (χ0v) is 8.72. The third kappa shape index (κ3) is 2.09. The monoisotopic (exact) mass is 274 g/mol. The van der Waals surface area contributed by atoms with E-state index in [-0.39, 0.29) is 15.1 Å². The van der Waals surface area contributed by atoms with Crippen LogP contribution in [0.1, 0.15) is 12.0 Å². The molecule has 0 heterocycles. The molecule has 1 rings (SSSR count). The van der Waals surface area contributed by atoms with E-state index in [9.17, 15) is 8.78 Å². The average molecular weight is 276 g/mol. The first-order chi connectivity index (χ1) is 5.52. The normalized spacial score (nSPS) is 10.8. The molecule has 0 radical (unpaired) electrons. The molecule has 0 saturated heterocycles. The maximum Gasteiger partial charge on any atom is 0.266 e. The summed E-state index contributed by atoms with van der Waals surface area (Å²) in [5.74, 6) is 0. The molecule has 1 aromatic carbocycles. The van der Waals surface area contributed by atoms with Crippen molar-refractivity contribution in [1.29, 1.82) is 0 Å². The highest BCUT2D eigenvalue weighted by atomic mass is 79.9. The number of rotatable bonds is 1. The Morgan fingerprint density at radius 1 is 1.25 bits per heavy atom. The second-order valence-corrected chi connectivity index (χ2v) is 3.78. The number of halogens is 5. The molecule has 0 atom stereocenters. The van der Waals surface area contributed by atoms with Crippen LogP contribution in [0.15, 0.2) is 16.6 Å². The molecule has 1 aromatic rings. The number of benzene rings is 1. The molecule has 0 aliphatic carbocycles. The third-order valence-corrected chi connectivity index (χ3v) is 2.45. The molecule has 0 amide bonds. The van der Waals surface area contributed by atoms with Gasteiger partial charge in [-0.05, 0) is 12.1 Å². The summed E-state index contributed by atoms with van der Waals surface area (Å²) in [6.45, 7) is 0. The van der Waals surface area contributed by atoms with Gasteiger partial charge in [0.1, 0.15) is 0 Å². The lowest BCUT2D eigenvalue weighted by atomic mass is 10.2. The van der Waals surface area contributed by atoms with Gasteiger partial charge in [0.2, 0.25) is 0 Å². The van der Waals surface area contributed by atoms with E-state index in [0.29, 0.717) is 5.02 Å². The zero-order valence-electron chi connectivity index (χ0n) is 5.62. The zero-order chi connectivity index (χ0) is 9.30. The predicted octanol–water partition coefficient (Wildman–Crippen LogP) is 4.69.